The van der Waals surface area contributed by atoms with Crippen molar-refractivity contribution in [1.82, 2.24) is 0 Å². The molecule has 0 aliphatic rings. The molecule has 0 spiro atoms. The van der Waals surface area contributed by atoms with Crippen LogP contribution in [0.3, 0.4) is 0 Å². The zero-order valence-electron chi connectivity index (χ0n) is 22.2. The summed E-state index contributed by atoms with van der Waals surface area (Å²) in [5.74, 6) is -8.42. The Balaban J connectivity index is 1.26. The Kier molecular flexibility index (Phi) is 9.61. The van der Waals surface area contributed by atoms with Gasteiger partial charge in [-0.1, -0.05) is 0 Å². The van der Waals surface area contributed by atoms with Crippen LogP contribution in [0.1, 0.15) is 19.8 Å². The quantitative estimate of drug-likeness (QED) is 0.171. The number of aromatic hydroxyl groups is 1. The van der Waals surface area contributed by atoms with Crippen LogP contribution in [-0.2, 0) is 4.79 Å². The maximum atomic E-state index is 14.7. The first-order valence-corrected chi connectivity index (χ1v) is 12.8. The lowest BCUT2D eigenvalue weighted by atomic mass is 10.0. The monoisotopic (exact) mass is 590 g/mol. The number of hydrogen-bond donors (Lipinski definition) is 1. The number of carbonyl (C=O) groups is 1. The summed E-state index contributed by atoms with van der Waals surface area (Å²) in [4.78, 5) is 12.2. The second-order valence-electron chi connectivity index (χ2n) is 8.95. The molecule has 0 atom stereocenters. The summed E-state index contributed by atoms with van der Waals surface area (Å²) in [6, 6.07) is 11.4. The van der Waals surface area contributed by atoms with E-state index in [1.54, 1.807) is 6.92 Å². The summed E-state index contributed by atoms with van der Waals surface area (Å²) >= 11 is 0. The normalized spacial score (nSPS) is 10.9. The number of phenols is 1. The van der Waals surface area contributed by atoms with Crippen LogP contribution in [0, 0.1) is 34.9 Å². The average molecular weight is 591 g/mol. The number of hydrogen-bond acceptors (Lipinski definition) is 5. The van der Waals surface area contributed by atoms with Crippen molar-refractivity contribution in [2.24, 2.45) is 0 Å². The molecule has 0 bridgehead atoms. The van der Waals surface area contributed by atoms with E-state index in [1.807, 2.05) is 0 Å². The zero-order valence-corrected chi connectivity index (χ0v) is 22.2. The maximum absolute atomic E-state index is 14.7. The molecular formula is C31H24F6O5. The van der Waals surface area contributed by atoms with Gasteiger partial charge in [0.05, 0.1) is 19.8 Å². The topological polar surface area (TPSA) is 65.0 Å². The minimum absolute atomic E-state index is 0.0511. The molecule has 0 aromatic heterocycles. The van der Waals surface area contributed by atoms with Gasteiger partial charge >= 0.3 is 0 Å². The average Bonchev–Trinajstić information content (AvgIpc) is 2.96. The summed E-state index contributed by atoms with van der Waals surface area (Å²) in [7, 11) is 0. The number of benzene rings is 4. The predicted octanol–water partition coefficient (Wildman–Crippen LogP) is 7.77. The summed E-state index contributed by atoms with van der Waals surface area (Å²) in [6.07, 6.45) is -0.106. The van der Waals surface area contributed by atoms with E-state index in [2.05, 4.69) is 0 Å². The largest absolute Gasteiger partial charge is 0.505 e. The number of phenolic OH excluding ortho intramolecular Hbond substituents is 1. The van der Waals surface area contributed by atoms with Gasteiger partial charge in [0, 0.05) is 47.2 Å². The fourth-order valence-corrected chi connectivity index (χ4v) is 4.05. The number of carbonyl (C=O) groups excluding carboxylic acids is 1. The Morgan fingerprint density at radius 3 is 1.60 bits per heavy atom. The first-order valence-electron chi connectivity index (χ1n) is 12.8. The van der Waals surface area contributed by atoms with Crippen LogP contribution < -0.4 is 14.2 Å². The van der Waals surface area contributed by atoms with Crippen molar-refractivity contribution in [1.29, 1.82) is 0 Å². The van der Waals surface area contributed by atoms with Gasteiger partial charge in [-0.05, 0) is 55.5 Å². The van der Waals surface area contributed by atoms with E-state index in [0.717, 1.165) is 24.3 Å². The minimum Gasteiger partial charge on any atom is -0.505 e. The van der Waals surface area contributed by atoms with Crippen molar-refractivity contribution >= 4 is 5.78 Å². The van der Waals surface area contributed by atoms with Gasteiger partial charge in [-0.3, -0.25) is 4.79 Å². The molecule has 0 radical (unpaired) electrons. The molecule has 5 nitrogen and oxygen atoms in total. The van der Waals surface area contributed by atoms with E-state index in [4.69, 9.17) is 14.2 Å². The first kappa shape index (κ1) is 30.3. The van der Waals surface area contributed by atoms with Gasteiger partial charge in [-0.15, -0.1) is 0 Å². The summed E-state index contributed by atoms with van der Waals surface area (Å²) in [5.41, 5.74) is -1.09. The van der Waals surface area contributed by atoms with Crippen LogP contribution in [0.15, 0.2) is 60.7 Å². The fraction of sp³-hybridized carbons (Fsp3) is 0.194. The lowest BCUT2D eigenvalue weighted by Gasteiger charge is -2.12. The van der Waals surface area contributed by atoms with Crippen molar-refractivity contribution in [3.63, 3.8) is 0 Å². The van der Waals surface area contributed by atoms with E-state index < -0.39 is 40.7 Å². The molecule has 4 aromatic carbocycles. The highest BCUT2D eigenvalue weighted by Gasteiger charge is 2.19. The summed E-state index contributed by atoms with van der Waals surface area (Å²) < 4.78 is 101. The number of Topliss-reactive ketones (excluding diaryl/α,β-unsaturated/α-hetero) is 1. The van der Waals surface area contributed by atoms with Gasteiger partial charge in [0.15, 0.2) is 23.1 Å². The summed E-state index contributed by atoms with van der Waals surface area (Å²) in [6.45, 7) is 1.55. The molecule has 0 aliphatic heterocycles. The molecular weight excluding hydrogens is 566 g/mol. The second kappa shape index (κ2) is 13.3. The SMILES string of the molecule is CCOc1ccc(-c2ccc(OCCC(=O)CCOc3ccc(-c4ccc(O)c(F)c4F)c(F)c3)cc2F)c(F)c1F. The van der Waals surface area contributed by atoms with Crippen LogP contribution >= 0.6 is 0 Å². The third kappa shape index (κ3) is 6.79. The molecule has 0 amide bonds. The van der Waals surface area contributed by atoms with Gasteiger partial charge in [0.2, 0.25) is 11.6 Å². The molecule has 1 N–H and O–H groups in total. The third-order valence-corrected chi connectivity index (χ3v) is 6.17. The van der Waals surface area contributed by atoms with E-state index in [0.29, 0.717) is 0 Å². The molecule has 4 rings (SSSR count). The Morgan fingerprint density at radius 2 is 1.10 bits per heavy atom. The number of ketones is 1. The van der Waals surface area contributed by atoms with E-state index >= 15 is 0 Å². The highest BCUT2D eigenvalue weighted by Crippen LogP contribution is 2.34. The molecule has 42 heavy (non-hydrogen) atoms. The van der Waals surface area contributed by atoms with Crippen molar-refractivity contribution in [3.05, 3.63) is 95.6 Å². The molecule has 0 heterocycles. The second-order valence-corrected chi connectivity index (χ2v) is 8.95. The van der Waals surface area contributed by atoms with Gasteiger partial charge in [-0.2, -0.15) is 8.78 Å². The molecule has 0 aliphatic carbocycles. The Labute approximate surface area is 236 Å². The Morgan fingerprint density at radius 1 is 0.619 bits per heavy atom. The van der Waals surface area contributed by atoms with Crippen LogP contribution in [0.5, 0.6) is 23.0 Å². The maximum Gasteiger partial charge on any atom is 0.201 e. The highest BCUT2D eigenvalue weighted by molar-refractivity contribution is 5.78. The van der Waals surface area contributed by atoms with Crippen LogP contribution in [0.4, 0.5) is 26.3 Å². The minimum atomic E-state index is -1.49. The third-order valence-electron chi connectivity index (χ3n) is 6.17. The van der Waals surface area contributed by atoms with Gasteiger partial charge in [0.1, 0.15) is 28.9 Å². The summed E-state index contributed by atoms with van der Waals surface area (Å²) in [5, 5.41) is 9.23. The van der Waals surface area contributed by atoms with E-state index in [9.17, 15) is 36.2 Å². The predicted molar refractivity (Wildman–Crippen MR) is 142 cm³/mol. The standard InChI is InChI=1S/C31H24F6O5/c1-2-40-27-10-8-23(29(35)31(27)37)21-6-4-19(16-25(21)33)42-14-12-17(38)11-13-41-18-3-5-20(24(32)15-18)22-7-9-26(39)30(36)28(22)34/h3-10,15-16,39H,2,11-14H2,1H3. The zero-order chi connectivity index (χ0) is 30.4. The Hall–Kier alpha value is -4.67. The molecule has 0 fully saturated rings. The molecule has 220 valence electrons. The lowest BCUT2D eigenvalue weighted by Crippen LogP contribution is -2.10. The van der Waals surface area contributed by atoms with Crippen molar-refractivity contribution in [3.8, 4) is 45.3 Å². The van der Waals surface area contributed by atoms with Gasteiger partial charge in [0.25, 0.3) is 0 Å². The molecule has 0 saturated carbocycles. The van der Waals surface area contributed by atoms with Crippen LogP contribution in [-0.4, -0.2) is 30.7 Å². The smallest absolute Gasteiger partial charge is 0.201 e. The van der Waals surface area contributed by atoms with Crippen LogP contribution in [0.25, 0.3) is 22.3 Å². The van der Waals surface area contributed by atoms with Crippen molar-refractivity contribution < 1.29 is 50.5 Å². The highest BCUT2D eigenvalue weighted by atomic mass is 19.2. The van der Waals surface area contributed by atoms with Gasteiger partial charge in [-0.25, -0.2) is 17.6 Å². The molecule has 0 unspecified atom stereocenters. The van der Waals surface area contributed by atoms with Crippen LogP contribution in [0.2, 0.25) is 0 Å². The fourth-order valence-electron chi connectivity index (χ4n) is 4.05. The van der Waals surface area contributed by atoms with E-state index in [1.165, 1.54) is 36.4 Å². The molecule has 11 heteroatoms. The van der Waals surface area contributed by atoms with Gasteiger partial charge < -0.3 is 19.3 Å². The van der Waals surface area contributed by atoms with Crippen molar-refractivity contribution in [2.75, 3.05) is 19.8 Å². The van der Waals surface area contributed by atoms with Crippen molar-refractivity contribution in [2.45, 2.75) is 19.8 Å². The lowest BCUT2D eigenvalue weighted by molar-refractivity contribution is -0.120. The number of halogens is 6. The number of ether oxygens (including phenoxy) is 3. The Bertz CT molecular complexity index is 1610. The number of rotatable bonds is 12. The first-order chi connectivity index (χ1) is 20.1. The molecule has 4 aromatic rings. The molecule has 0 saturated heterocycles. The van der Waals surface area contributed by atoms with E-state index in [-0.39, 0.29) is 77.9 Å².